The van der Waals surface area contributed by atoms with Gasteiger partial charge in [-0.05, 0) is 42.3 Å². The van der Waals surface area contributed by atoms with Crippen LogP contribution >= 0.6 is 0 Å². The molecule has 2 N–H and O–H groups in total. The number of rotatable bonds is 8. The van der Waals surface area contributed by atoms with Crippen molar-refractivity contribution in [3.05, 3.63) is 83.9 Å². The highest BCUT2D eigenvalue weighted by molar-refractivity contribution is 5.64. The molecule has 0 saturated heterocycles. The lowest BCUT2D eigenvalue weighted by Crippen LogP contribution is -2.04. The van der Waals surface area contributed by atoms with Gasteiger partial charge in [0.05, 0.1) is 5.69 Å². The summed E-state index contributed by atoms with van der Waals surface area (Å²) in [6.45, 7) is 0.256. The molecule has 0 atom stereocenters. The van der Waals surface area contributed by atoms with E-state index in [1.807, 2.05) is 73.7 Å². The first-order chi connectivity index (χ1) is 15.6. The van der Waals surface area contributed by atoms with Crippen molar-refractivity contribution in [2.45, 2.75) is 20.0 Å². The van der Waals surface area contributed by atoms with Gasteiger partial charge in [0.2, 0.25) is 5.82 Å². The largest absolute Gasteiger partial charge is 0.489 e. The van der Waals surface area contributed by atoms with Gasteiger partial charge in [-0.15, -0.1) is 5.11 Å². The van der Waals surface area contributed by atoms with Crippen LogP contribution in [0.3, 0.4) is 0 Å². The highest BCUT2D eigenvalue weighted by Gasteiger charge is 2.12. The Morgan fingerprint density at radius 3 is 2.47 bits per heavy atom. The third kappa shape index (κ3) is 5.34. The number of benzene rings is 3. The van der Waals surface area contributed by atoms with E-state index in [-0.39, 0.29) is 0 Å². The molecule has 4 aromatic rings. The van der Waals surface area contributed by atoms with E-state index in [2.05, 4.69) is 25.4 Å². The van der Waals surface area contributed by atoms with E-state index in [1.165, 1.54) is 0 Å². The van der Waals surface area contributed by atoms with Crippen LogP contribution in [0, 0.1) is 6.92 Å². The van der Waals surface area contributed by atoms with Crippen molar-refractivity contribution in [1.29, 1.82) is 0 Å². The molecule has 9 nitrogen and oxygen atoms in total. The lowest BCUT2D eigenvalue weighted by Gasteiger charge is -2.06. The highest BCUT2D eigenvalue weighted by atomic mass is 16.8. The maximum atomic E-state index is 8.68. The molecule has 0 spiro atoms. The fraction of sp³-hybridized carbons (Fsp3) is 0.130. The normalized spacial score (nSPS) is 11.2. The third-order valence-corrected chi connectivity index (χ3v) is 4.53. The summed E-state index contributed by atoms with van der Waals surface area (Å²) in [6.07, 6.45) is 0. The molecule has 0 aliphatic carbocycles. The topological polar surface area (TPSA) is 123 Å². The summed E-state index contributed by atoms with van der Waals surface area (Å²) < 4.78 is 11.2. The van der Waals surface area contributed by atoms with E-state index in [0.29, 0.717) is 29.6 Å². The first kappa shape index (κ1) is 21.2. The Morgan fingerprint density at radius 2 is 1.72 bits per heavy atom. The molecule has 4 rings (SSSR count). The zero-order chi connectivity index (χ0) is 22.3. The zero-order valence-corrected chi connectivity index (χ0v) is 17.1. The predicted molar refractivity (Wildman–Crippen MR) is 115 cm³/mol. The van der Waals surface area contributed by atoms with Gasteiger partial charge in [-0.3, -0.25) is 0 Å². The number of ether oxygens (including phenoxy) is 1. The highest BCUT2D eigenvalue weighted by Crippen LogP contribution is 2.28. The van der Waals surface area contributed by atoms with E-state index in [1.54, 1.807) is 6.07 Å². The SMILES string of the molecule is Cc1ccc(-c2nc(-c3ccc(COc4ccccc4)cc3)no2)cc1N=NOC(O)O. The summed E-state index contributed by atoms with van der Waals surface area (Å²) in [5.74, 6) is 1.58. The average molecular weight is 432 g/mol. The van der Waals surface area contributed by atoms with E-state index >= 15 is 0 Å². The van der Waals surface area contributed by atoms with Crippen LogP contribution in [0.2, 0.25) is 0 Å². The Labute approximate surface area is 183 Å². The fourth-order valence-corrected chi connectivity index (χ4v) is 2.85. The van der Waals surface area contributed by atoms with Crippen LogP contribution < -0.4 is 4.74 Å². The van der Waals surface area contributed by atoms with Crippen LogP contribution in [-0.4, -0.2) is 26.8 Å². The van der Waals surface area contributed by atoms with Crippen molar-refractivity contribution in [2.24, 2.45) is 10.4 Å². The van der Waals surface area contributed by atoms with Crippen LogP contribution in [0.1, 0.15) is 11.1 Å². The molecule has 9 heteroatoms. The number of hydrogen-bond acceptors (Lipinski definition) is 9. The van der Waals surface area contributed by atoms with Gasteiger partial charge in [0.1, 0.15) is 12.4 Å². The number of aromatic nitrogens is 2. The molecular weight excluding hydrogens is 412 g/mol. The first-order valence-corrected chi connectivity index (χ1v) is 9.73. The average Bonchev–Trinajstić information content (AvgIpc) is 3.30. The molecule has 0 amide bonds. The smallest absolute Gasteiger partial charge is 0.336 e. The van der Waals surface area contributed by atoms with Gasteiger partial charge in [-0.25, -0.2) is 0 Å². The number of aryl methyl sites for hydroxylation is 1. The summed E-state index contributed by atoms with van der Waals surface area (Å²) in [5, 5.41) is 28.5. The third-order valence-electron chi connectivity index (χ3n) is 4.53. The Balaban J connectivity index is 1.46. The second kappa shape index (κ2) is 9.82. The second-order valence-corrected chi connectivity index (χ2v) is 6.84. The minimum atomic E-state index is -2.03. The monoisotopic (exact) mass is 432 g/mol. The maximum absolute atomic E-state index is 8.68. The molecule has 162 valence electrons. The van der Waals surface area contributed by atoms with E-state index in [9.17, 15) is 0 Å². The molecule has 0 aliphatic rings. The Bertz CT molecular complexity index is 1190. The van der Waals surface area contributed by atoms with Crippen molar-refractivity contribution < 1.29 is 24.3 Å². The fourth-order valence-electron chi connectivity index (χ4n) is 2.85. The lowest BCUT2D eigenvalue weighted by molar-refractivity contribution is -0.238. The van der Waals surface area contributed by atoms with E-state index in [4.69, 9.17) is 19.5 Å². The summed E-state index contributed by atoms with van der Waals surface area (Å²) in [5.41, 5.74) is 3.74. The summed E-state index contributed by atoms with van der Waals surface area (Å²) in [7, 11) is 0. The molecule has 32 heavy (non-hydrogen) atoms. The van der Waals surface area contributed by atoms with Gasteiger partial charge in [0.15, 0.2) is 0 Å². The van der Waals surface area contributed by atoms with Gasteiger partial charge in [0.25, 0.3) is 5.89 Å². The maximum Gasteiger partial charge on any atom is 0.336 e. The Hall–Kier alpha value is -4.08. The van der Waals surface area contributed by atoms with Crippen molar-refractivity contribution in [3.63, 3.8) is 0 Å². The van der Waals surface area contributed by atoms with E-state index in [0.717, 1.165) is 22.4 Å². The molecule has 1 heterocycles. The first-order valence-electron chi connectivity index (χ1n) is 9.73. The number of aliphatic hydroxyl groups excluding tert-OH is 1. The van der Waals surface area contributed by atoms with Gasteiger partial charge < -0.3 is 24.3 Å². The number of para-hydroxylation sites is 1. The van der Waals surface area contributed by atoms with Gasteiger partial charge in [-0.1, -0.05) is 53.7 Å². The van der Waals surface area contributed by atoms with Crippen LogP contribution in [0.4, 0.5) is 5.69 Å². The number of nitrogens with zero attached hydrogens (tertiary/aromatic N) is 4. The molecule has 1 aromatic heterocycles. The summed E-state index contributed by atoms with van der Waals surface area (Å²) in [4.78, 5) is 8.73. The minimum absolute atomic E-state index is 0.316. The lowest BCUT2D eigenvalue weighted by atomic mass is 10.1. The molecular formula is C23H20N4O5. The van der Waals surface area contributed by atoms with Crippen molar-refractivity contribution in [2.75, 3.05) is 0 Å². The number of hydrogen-bond donors (Lipinski definition) is 2. The molecule has 0 bridgehead atoms. The van der Waals surface area contributed by atoms with E-state index < -0.39 is 6.48 Å². The quantitative estimate of drug-likeness (QED) is 0.237. The minimum Gasteiger partial charge on any atom is -0.489 e. The van der Waals surface area contributed by atoms with Crippen molar-refractivity contribution >= 4 is 5.69 Å². The molecule has 0 saturated carbocycles. The van der Waals surface area contributed by atoms with Crippen LogP contribution in [0.15, 0.2) is 87.7 Å². The van der Waals surface area contributed by atoms with Crippen LogP contribution in [0.25, 0.3) is 22.8 Å². The van der Waals surface area contributed by atoms with Crippen LogP contribution in [-0.2, 0) is 11.4 Å². The standard InChI is InChI=1S/C23H20N4O5/c1-15-7-10-18(13-20(15)25-27-32-23(28)29)22-24-21(26-31-22)17-11-8-16(9-12-17)14-30-19-5-3-2-4-6-19/h2-13,23,28-29H,14H2,1H3. The summed E-state index contributed by atoms with van der Waals surface area (Å²) >= 11 is 0. The molecule has 0 aliphatic heterocycles. The Kier molecular flexibility index (Phi) is 6.49. The predicted octanol–water partition coefficient (Wildman–Crippen LogP) is 4.57. The zero-order valence-electron chi connectivity index (χ0n) is 17.1. The van der Waals surface area contributed by atoms with Gasteiger partial charge >= 0.3 is 6.48 Å². The van der Waals surface area contributed by atoms with Gasteiger partial charge in [-0.2, -0.15) is 4.98 Å². The Morgan fingerprint density at radius 1 is 0.969 bits per heavy atom. The van der Waals surface area contributed by atoms with Crippen molar-refractivity contribution in [3.8, 4) is 28.6 Å². The molecule has 0 radical (unpaired) electrons. The molecule has 0 unspecified atom stereocenters. The molecule has 0 fully saturated rings. The number of aliphatic hydroxyl groups is 2. The summed E-state index contributed by atoms with van der Waals surface area (Å²) in [6, 6.07) is 22.7. The van der Waals surface area contributed by atoms with Crippen molar-refractivity contribution in [1.82, 2.24) is 10.1 Å². The van der Waals surface area contributed by atoms with Crippen LogP contribution in [0.5, 0.6) is 5.75 Å². The second-order valence-electron chi connectivity index (χ2n) is 6.84. The van der Waals surface area contributed by atoms with Gasteiger partial charge in [0, 0.05) is 16.4 Å². The molecule has 3 aromatic carbocycles.